The third kappa shape index (κ3) is 2.90. The first-order chi connectivity index (χ1) is 12.6. The van der Waals surface area contributed by atoms with Gasteiger partial charge in [0.2, 0.25) is 10.0 Å². The van der Waals surface area contributed by atoms with Crippen LogP contribution in [0.5, 0.6) is 0 Å². The lowest BCUT2D eigenvalue weighted by Gasteiger charge is -2.60. The molecule has 2 aliphatic carbocycles. The van der Waals surface area contributed by atoms with E-state index in [9.17, 15) is 18.3 Å². The minimum absolute atomic E-state index is 0.00926. The zero-order valence-corrected chi connectivity index (χ0v) is 17.9. The summed E-state index contributed by atoms with van der Waals surface area (Å²) >= 11 is 3.34. The number of sulfonamides is 1. The Bertz CT molecular complexity index is 1070. The van der Waals surface area contributed by atoms with Crippen LogP contribution in [-0.2, 0) is 24.1 Å². The number of hydrogen-bond acceptors (Lipinski definition) is 4. The van der Waals surface area contributed by atoms with Crippen molar-refractivity contribution in [3.8, 4) is 0 Å². The summed E-state index contributed by atoms with van der Waals surface area (Å²) in [5.74, 6) is 0. The number of aryl methyl sites for hydroxylation is 2. The minimum Gasteiger partial charge on any atom is -0.396 e. The molecule has 0 radical (unpaired) electrons. The number of aliphatic hydroxyl groups excluding tert-OH is 1. The lowest BCUT2D eigenvalue weighted by molar-refractivity contribution is -0.116. The van der Waals surface area contributed by atoms with Crippen LogP contribution in [0.2, 0.25) is 0 Å². The Labute approximate surface area is 166 Å². The van der Waals surface area contributed by atoms with E-state index in [1.807, 2.05) is 0 Å². The molecule has 2 N–H and O–H groups in total. The van der Waals surface area contributed by atoms with Gasteiger partial charge in [0.25, 0.3) is 0 Å². The summed E-state index contributed by atoms with van der Waals surface area (Å²) in [6.45, 7) is 0.219. The zero-order chi connectivity index (χ0) is 19.6. The molecule has 4 rings (SSSR count). The summed E-state index contributed by atoms with van der Waals surface area (Å²) in [7, 11) is -0.506. The van der Waals surface area contributed by atoms with Gasteiger partial charge in [-0.1, -0.05) is 6.42 Å². The molecule has 9 heteroatoms. The number of nitrogens with one attached hydrogen (secondary N) is 1. The van der Waals surface area contributed by atoms with Gasteiger partial charge in [0.15, 0.2) is 0 Å². The number of halogens is 1. The van der Waals surface area contributed by atoms with E-state index in [4.69, 9.17) is 0 Å². The summed E-state index contributed by atoms with van der Waals surface area (Å²) in [5, 5.41) is 9.84. The van der Waals surface area contributed by atoms with Gasteiger partial charge in [-0.2, -0.15) is 0 Å². The van der Waals surface area contributed by atoms with Crippen LogP contribution in [0.3, 0.4) is 0 Å². The molecule has 0 aliphatic heterocycles. The first-order valence-corrected chi connectivity index (χ1v) is 11.4. The molecule has 1 spiro atoms. The van der Waals surface area contributed by atoms with Gasteiger partial charge >= 0.3 is 5.69 Å². The molecule has 0 bridgehead atoms. The Morgan fingerprint density at radius 3 is 2.30 bits per heavy atom. The summed E-state index contributed by atoms with van der Waals surface area (Å²) in [6, 6.07) is 3.17. The molecule has 2 saturated carbocycles. The van der Waals surface area contributed by atoms with E-state index in [0.717, 1.165) is 12.8 Å². The van der Waals surface area contributed by atoms with Crippen molar-refractivity contribution in [1.82, 2.24) is 13.9 Å². The monoisotopic (exact) mass is 457 g/mol. The third-order valence-electron chi connectivity index (χ3n) is 6.50. The van der Waals surface area contributed by atoms with E-state index < -0.39 is 10.0 Å². The van der Waals surface area contributed by atoms with Gasteiger partial charge < -0.3 is 5.11 Å². The maximum absolute atomic E-state index is 12.9. The Balaban J connectivity index is 1.61. The van der Waals surface area contributed by atoms with E-state index >= 15 is 0 Å². The van der Waals surface area contributed by atoms with Crippen molar-refractivity contribution < 1.29 is 13.5 Å². The zero-order valence-electron chi connectivity index (χ0n) is 15.5. The number of nitrogens with zero attached hydrogens (tertiary/aromatic N) is 2. The molecule has 1 aromatic carbocycles. The number of rotatable bonds is 5. The van der Waals surface area contributed by atoms with Gasteiger partial charge in [-0.3, -0.25) is 9.13 Å². The van der Waals surface area contributed by atoms with Crippen LogP contribution in [0.4, 0.5) is 0 Å². The van der Waals surface area contributed by atoms with Crippen LogP contribution in [0, 0.1) is 10.8 Å². The standard InChI is InChI=1S/C18H24BrN3O4S/c1-21-13-6-12(19)15(7-14(13)22(2)16(21)24)27(25,26)20-10-18(11-23)8-17(9-18)4-3-5-17/h6-7,20,23H,3-5,8-11H2,1-2H3. The number of imidazole rings is 1. The number of hydrogen-bond donors (Lipinski definition) is 2. The predicted octanol–water partition coefficient (Wildman–Crippen LogP) is 1.86. The molecule has 2 aliphatic rings. The van der Waals surface area contributed by atoms with Crippen LogP contribution >= 0.6 is 15.9 Å². The van der Waals surface area contributed by atoms with E-state index in [1.165, 1.54) is 34.5 Å². The van der Waals surface area contributed by atoms with Crippen molar-refractivity contribution >= 4 is 37.0 Å². The lowest BCUT2D eigenvalue weighted by Crippen LogP contribution is -2.56. The Morgan fingerprint density at radius 2 is 1.78 bits per heavy atom. The van der Waals surface area contributed by atoms with Gasteiger partial charge in [-0.15, -0.1) is 0 Å². The van der Waals surface area contributed by atoms with Crippen molar-refractivity contribution in [1.29, 1.82) is 0 Å². The summed E-state index contributed by atoms with van der Waals surface area (Å²) in [4.78, 5) is 12.2. The molecule has 2 aromatic rings. The second kappa shape index (κ2) is 6.17. The fourth-order valence-corrected chi connectivity index (χ4v) is 7.10. The Kier molecular flexibility index (Phi) is 4.38. The fourth-order valence-electron chi connectivity index (χ4n) is 4.89. The average Bonchev–Trinajstić information content (AvgIpc) is 2.76. The highest BCUT2D eigenvalue weighted by atomic mass is 79.9. The topological polar surface area (TPSA) is 93.3 Å². The van der Waals surface area contributed by atoms with Crippen molar-refractivity contribution in [2.24, 2.45) is 24.9 Å². The van der Waals surface area contributed by atoms with Gasteiger partial charge in [-0.25, -0.2) is 17.9 Å². The Morgan fingerprint density at radius 1 is 1.19 bits per heavy atom. The molecule has 2 fully saturated rings. The summed E-state index contributed by atoms with van der Waals surface area (Å²) in [5.41, 5.74) is 0.990. The highest BCUT2D eigenvalue weighted by molar-refractivity contribution is 9.10. The fraction of sp³-hybridized carbons (Fsp3) is 0.611. The number of benzene rings is 1. The quantitative estimate of drug-likeness (QED) is 0.716. The SMILES string of the molecule is Cn1c(=O)n(C)c2cc(S(=O)(=O)NCC3(CO)CC4(CCC4)C3)c(Br)cc21. The van der Waals surface area contributed by atoms with E-state index in [2.05, 4.69) is 20.7 Å². The minimum atomic E-state index is -3.78. The first-order valence-electron chi connectivity index (χ1n) is 9.08. The molecule has 0 amide bonds. The lowest BCUT2D eigenvalue weighted by atomic mass is 9.45. The number of fused-ring (bicyclic) bond motifs is 1. The van der Waals surface area contributed by atoms with E-state index in [-0.39, 0.29) is 29.2 Å². The first kappa shape index (κ1) is 19.2. The smallest absolute Gasteiger partial charge is 0.328 e. The van der Waals surface area contributed by atoms with Crippen molar-refractivity contribution in [3.63, 3.8) is 0 Å². The van der Waals surface area contributed by atoms with Crippen LogP contribution < -0.4 is 10.4 Å². The van der Waals surface area contributed by atoms with Crippen LogP contribution in [0.15, 0.2) is 26.3 Å². The van der Waals surface area contributed by atoms with Crippen molar-refractivity contribution in [3.05, 3.63) is 27.1 Å². The summed E-state index contributed by atoms with van der Waals surface area (Å²) in [6.07, 6.45) is 5.37. The molecule has 0 atom stereocenters. The molecule has 7 nitrogen and oxygen atoms in total. The van der Waals surface area contributed by atoms with Gasteiger partial charge in [0.1, 0.15) is 0 Å². The second-order valence-corrected chi connectivity index (χ2v) is 11.0. The molecular weight excluding hydrogens is 434 g/mol. The molecule has 0 unspecified atom stereocenters. The van der Waals surface area contributed by atoms with Gasteiger partial charge in [-0.05, 0) is 59.2 Å². The molecule has 1 aromatic heterocycles. The molecule has 148 valence electrons. The van der Waals surface area contributed by atoms with Crippen molar-refractivity contribution in [2.45, 2.75) is 37.0 Å². The van der Waals surface area contributed by atoms with E-state index in [1.54, 1.807) is 20.2 Å². The van der Waals surface area contributed by atoms with Crippen LogP contribution in [-0.4, -0.2) is 35.8 Å². The number of aromatic nitrogens is 2. The van der Waals surface area contributed by atoms with Crippen LogP contribution in [0.1, 0.15) is 32.1 Å². The van der Waals surface area contributed by atoms with Gasteiger partial charge in [0, 0.05) is 37.1 Å². The second-order valence-electron chi connectivity index (χ2n) is 8.36. The Hall–Kier alpha value is -1.16. The number of aliphatic hydroxyl groups is 1. The van der Waals surface area contributed by atoms with E-state index in [0.29, 0.717) is 20.9 Å². The van der Waals surface area contributed by atoms with Crippen LogP contribution in [0.25, 0.3) is 11.0 Å². The summed E-state index contributed by atoms with van der Waals surface area (Å²) < 4.78 is 31.9. The van der Waals surface area contributed by atoms with Gasteiger partial charge in [0.05, 0.1) is 15.9 Å². The molecular formula is C18H24BrN3O4S. The third-order valence-corrected chi connectivity index (χ3v) is 8.86. The largest absolute Gasteiger partial charge is 0.396 e. The van der Waals surface area contributed by atoms with Crippen molar-refractivity contribution in [2.75, 3.05) is 13.2 Å². The molecule has 1 heterocycles. The highest BCUT2D eigenvalue weighted by Crippen LogP contribution is 2.64. The maximum Gasteiger partial charge on any atom is 0.328 e. The molecule has 0 saturated heterocycles. The maximum atomic E-state index is 12.9. The average molecular weight is 458 g/mol. The molecule has 27 heavy (non-hydrogen) atoms. The normalized spacial score (nSPS) is 20.6. The predicted molar refractivity (Wildman–Crippen MR) is 106 cm³/mol. The highest BCUT2D eigenvalue weighted by Gasteiger charge is 2.56.